The van der Waals surface area contributed by atoms with Gasteiger partial charge in [-0.3, -0.25) is 14.5 Å². The Morgan fingerprint density at radius 2 is 1.85 bits per heavy atom. The summed E-state index contributed by atoms with van der Waals surface area (Å²) in [6, 6.07) is 12.9. The maximum Gasteiger partial charge on any atom is 0.373 e. The van der Waals surface area contributed by atoms with Crippen LogP contribution in [0.25, 0.3) is 6.08 Å². The Balaban J connectivity index is 1.47. The second-order valence-corrected chi connectivity index (χ2v) is 9.46. The highest BCUT2D eigenvalue weighted by Gasteiger charge is 2.34. The van der Waals surface area contributed by atoms with Crippen LogP contribution in [0.3, 0.4) is 0 Å². The molecule has 1 aromatic heterocycles. The number of esters is 1. The monoisotopic (exact) mass is 611 g/mol. The number of urea groups is 1. The summed E-state index contributed by atoms with van der Waals surface area (Å²) in [4.78, 5) is 50.4. The lowest BCUT2D eigenvalue weighted by Crippen LogP contribution is -2.30. The number of halogens is 1. The molecular weight excluding hydrogens is 586 g/mol. The lowest BCUT2D eigenvalue weighted by atomic mass is 10.1. The third kappa shape index (κ3) is 6.70. The number of rotatable bonds is 10. The van der Waals surface area contributed by atoms with Crippen LogP contribution in [0.4, 0.5) is 10.5 Å². The first-order chi connectivity index (χ1) is 19.2. The van der Waals surface area contributed by atoms with Crippen molar-refractivity contribution in [2.45, 2.75) is 20.4 Å². The number of furan rings is 1. The van der Waals surface area contributed by atoms with E-state index in [0.717, 1.165) is 10.5 Å². The van der Waals surface area contributed by atoms with Gasteiger partial charge < -0.3 is 29.3 Å². The van der Waals surface area contributed by atoms with Gasteiger partial charge in [-0.1, -0.05) is 17.7 Å². The molecule has 11 nitrogen and oxygen atoms in total. The Morgan fingerprint density at radius 1 is 1.10 bits per heavy atom. The van der Waals surface area contributed by atoms with Crippen molar-refractivity contribution in [2.75, 3.05) is 25.6 Å². The lowest BCUT2D eigenvalue weighted by Gasteiger charge is -2.15. The van der Waals surface area contributed by atoms with Crippen LogP contribution >= 0.6 is 15.9 Å². The van der Waals surface area contributed by atoms with Gasteiger partial charge in [0, 0.05) is 5.69 Å². The Hall–Kier alpha value is -4.58. The SMILES string of the molecule is CCOc1cc(/C=C2\NC(=O)N(Cc3ccc(C(=O)OC)o3)C2=O)cc(Br)c1OCC(=O)Nc1ccc(C)cc1. The minimum atomic E-state index is -0.668. The van der Waals surface area contributed by atoms with Gasteiger partial charge in [-0.2, -0.15) is 0 Å². The maximum absolute atomic E-state index is 13.0. The number of aryl methyl sites for hydroxylation is 1. The number of hydrogen-bond donors (Lipinski definition) is 2. The van der Waals surface area contributed by atoms with Crippen LogP contribution in [0.2, 0.25) is 0 Å². The molecule has 1 aliphatic heterocycles. The fourth-order valence-electron chi connectivity index (χ4n) is 3.76. The second-order valence-electron chi connectivity index (χ2n) is 8.60. The van der Waals surface area contributed by atoms with Crippen molar-refractivity contribution in [3.05, 3.63) is 81.3 Å². The molecule has 2 aromatic carbocycles. The predicted octanol–water partition coefficient (Wildman–Crippen LogP) is 4.65. The number of nitrogens with one attached hydrogen (secondary N) is 2. The van der Waals surface area contributed by atoms with Crippen molar-refractivity contribution in [1.29, 1.82) is 0 Å². The molecule has 0 radical (unpaired) electrons. The van der Waals surface area contributed by atoms with Crippen molar-refractivity contribution < 1.29 is 37.8 Å². The number of carbonyl (C=O) groups excluding carboxylic acids is 4. The van der Waals surface area contributed by atoms with E-state index < -0.39 is 17.9 Å². The number of nitrogens with zero attached hydrogens (tertiary/aromatic N) is 1. The summed E-state index contributed by atoms with van der Waals surface area (Å²) in [7, 11) is 1.22. The maximum atomic E-state index is 13.0. The van der Waals surface area contributed by atoms with Crippen LogP contribution in [-0.4, -0.2) is 49.0 Å². The first-order valence-corrected chi connectivity index (χ1v) is 12.9. The van der Waals surface area contributed by atoms with Gasteiger partial charge in [-0.05, 0) is 77.8 Å². The van der Waals surface area contributed by atoms with Gasteiger partial charge in [-0.15, -0.1) is 0 Å². The minimum absolute atomic E-state index is 0.0326. The Morgan fingerprint density at radius 3 is 2.55 bits per heavy atom. The molecule has 0 spiro atoms. The largest absolute Gasteiger partial charge is 0.490 e. The van der Waals surface area contributed by atoms with Gasteiger partial charge in [0.15, 0.2) is 18.1 Å². The van der Waals surface area contributed by atoms with E-state index in [0.29, 0.717) is 33.8 Å². The summed E-state index contributed by atoms with van der Waals surface area (Å²) in [6.45, 7) is 3.63. The number of anilines is 1. The topological polar surface area (TPSA) is 136 Å². The highest BCUT2D eigenvalue weighted by Crippen LogP contribution is 2.38. The summed E-state index contributed by atoms with van der Waals surface area (Å²) in [6.07, 6.45) is 1.49. The van der Waals surface area contributed by atoms with E-state index in [1.54, 1.807) is 31.2 Å². The van der Waals surface area contributed by atoms with Gasteiger partial charge in [0.2, 0.25) is 5.76 Å². The van der Waals surface area contributed by atoms with Crippen LogP contribution < -0.4 is 20.1 Å². The molecule has 0 unspecified atom stereocenters. The zero-order chi connectivity index (χ0) is 28.8. The molecule has 40 heavy (non-hydrogen) atoms. The van der Waals surface area contributed by atoms with E-state index in [-0.39, 0.29) is 36.3 Å². The van der Waals surface area contributed by atoms with Crippen LogP contribution in [0.5, 0.6) is 11.5 Å². The Bertz CT molecular complexity index is 1480. The molecule has 0 atom stereocenters. The summed E-state index contributed by atoms with van der Waals surface area (Å²) in [5.74, 6) is -0.749. The quantitative estimate of drug-likeness (QED) is 0.192. The summed E-state index contributed by atoms with van der Waals surface area (Å²) < 4.78 is 21.9. The van der Waals surface area contributed by atoms with Crippen LogP contribution in [-0.2, 0) is 20.9 Å². The molecule has 12 heteroatoms. The van der Waals surface area contributed by atoms with Crippen LogP contribution in [0, 0.1) is 6.92 Å². The number of methoxy groups -OCH3 is 1. The molecule has 2 N–H and O–H groups in total. The first kappa shape index (κ1) is 28.4. The number of carbonyl (C=O) groups is 4. The average molecular weight is 612 g/mol. The van der Waals surface area contributed by atoms with Gasteiger partial charge in [0.1, 0.15) is 11.5 Å². The van der Waals surface area contributed by atoms with Crippen LogP contribution in [0.15, 0.2) is 63.1 Å². The number of hydrogen-bond acceptors (Lipinski definition) is 8. The van der Waals surface area contributed by atoms with E-state index in [2.05, 4.69) is 31.3 Å². The summed E-state index contributed by atoms with van der Waals surface area (Å²) in [5, 5.41) is 5.31. The fraction of sp³-hybridized carbons (Fsp3) is 0.214. The molecule has 0 saturated carbocycles. The lowest BCUT2D eigenvalue weighted by molar-refractivity contribution is -0.123. The third-order valence-electron chi connectivity index (χ3n) is 5.65. The Kier molecular flexibility index (Phi) is 8.90. The van der Waals surface area contributed by atoms with Crippen molar-refractivity contribution >= 4 is 51.5 Å². The molecular formula is C28H26BrN3O8. The van der Waals surface area contributed by atoms with Gasteiger partial charge in [-0.25, -0.2) is 9.59 Å². The zero-order valence-corrected chi connectivity index (χ0v) is 23.5. The minimum Gasteiger partial charge on any atom is -0.490 e. The normalized spacial score (nSPS) is 13.8. The molecule has 3 aromatic rings. The standard InChI is InChI=1S/C28H26BrN3O8/c1-4-38-23-13-17(11-20(29)25(23)39-15-24(33)30-18-7-5-16(2)6-8-18)12-21-26(34)32(28(36)31-21)14-19-9-10-22(40-19)27(35)37-3/h5-13H,4,14-15H2,1-3H3,(H,30,33)(H,31,36)/b21-12-. The van der Waals surface area contributed by atoms with Crippen molar-refractivity contribution in [1.82, 2.24) is 10.2 Å². The summed E-state index contributed by atoms with van der Waals surface area (Å²) in [5.41, 5.74) is 2.29. The highest BCUT2D eigenvalue weighted by molar-refractivity contribution is 9.10. The highest BCUT2D eigenvalue weighted by atomic mass is 79.9. The van der Waals surface area contributed by atoms with E-state index in [9.17, 15) is 19.2 Å². The first-order valence-electron chi connectivity index (χ1n) is 12.2. The molecule has 208 valence electrons. The fourth-order valence-corrected chi connectivity index (χ4v) is 4.33. The third-order valence-corrected chi connectivity index (χ3v) is 6.24. The van der Waals surface area contributed by atoms with Crippen LogP contribution in [0.1, 0.15) is 34.4 Å². The van der Waals surface area contributed by atoms with E-state index in [4.69, 9.17) is 13.9 Å². The van der Waals surface area contributed by atoms with E-state index in [1.807, 2.05) is 19.1 Å². The predicted molar refractivity (Wildman–Crippen MR) is 148 cm³/mol. The number of benzene rings is 2. The molecule has 1 saturated heterocycles. The molecule has 2 heterocycles. The Labute approximate surface area is 238 Å². The molecule has 0 aliphatic carbocycles. The average Bonchev–Trinajstić information content (AvgIpc) is 3.49. The number of ether oxygens (including phenoxy) is 3. The van der Waals surface area contributed by atoms with Gasteiger partial charge in [0.25, 0.3) is 11.8 Å². The molecule has 4 rings (SSSR count). The van der Waals surface area contributed by atoms with Crippen molar-refractivity contribution in [3.8, 4) is 11.5 Å². The molecule has 1 aliphatic rings. The molecule has 0 bridgehead atoms. The molecule has 4 amide bonds. The second kappa shape index (κ2) is 12.5. The van der Waals surface area contributed by atoms with Gasteiger partial charge in [0.05, 0.1) is 24.7 Å². The smallest absolute Gasteiger partial charge is 0.373 e. The van der Waals surface area contributed by atoms with Gasteiger partial charge >= 0.3 is 12.0 Å². The van der Waals surface area contributed by atoms with E-state index in [1.165, 1.54) is 25.3 Å². The summed E-state index contributed by atoms with van der Waals surface area (Å²) >= 11 is 3.45. The number of imide groups is 1. The van der Waals surface area contributed by atoms with E-state index >= 15 is 0 Å². The van der Waals surface area contributed by atoms with Crippen molar-refractivity contribution in [3.63, 3.8) is 0 Å². The zero-order valence-electron chi connectivity index (χ0n) is 21.9. The number of amides is 4. The molecule has 1 fully saturated rings. The van der Waals surface area contributed by atoms with Crippen molar-refractivity contribution in [2.24, 2.45) is 0 Å².